The summed E-state index contributed by atoms with van der Waals surface area (Å²) < 4.78 is 27.4. The Hall–Kier alpha value is -1.35. The first kappa shape index (κ1) is 16.7. The van der Waals surface area contributed by atoms with Crippen LogP contribution in [-0.2, 0) is 10.0 Å². The maximum Gasteiger partial charge on any atom is 0.242 e. The van der Waals surface area contributed by atoms with Crippen LogP contribution in [0.3, 0.4) is 0 Å². The van der Waals surface area contributed by atoms with Crippen LogP contribution < -0.4 is 4.72 Å². The fourth-order valence-corrected chi connectivity index (χ4v) is 3.02. The fourth-order valence-electron chi connectivity index (χ4n) is 1.46. The van der Waals surface area contributed by atoms with E-state index >= 15 is 0 Å². The fraction of sp³-hybridized carbons (Fsp3) is 0.467. The number of nitrogens with one attached hydrogen (secondary N) is 1. The normalized spacial score (nSPS) is 12.8. The molecule has 0 aliphatic heterocycles. The van der Waals surface area contributed by atoms with E-state index in [1.54, 1.807) is 24.3 Å². The molecule has 0 fully saturated rings. The highest BCUT2D eigenvalue weighted by molar-refractivity contribution is 7.89. The van der Waals surface area contributed by atoms with Crippen molar-refractivity contribution in [1.82, 2.24) is 4.72 Å². The smallest absolute Gasteiger partial charge is 0.242 e. The standard InChI is InChI=1S/C15H21NO3S/c1-12(2)13(3)16-20(18,19)15-10-5-4-8-14(15)9-6-7-11-17/h4-5,8,10,12-13,16-17H,7,11H2,1-3H3. The van der Waals surface area contributed by atoms with Crippen LogP contribution in [0.5, 0.6) is 0 Å². The predicted octanol–water partition coefficient (Wildman–Crippen LogP) is 1.74. The minimum Gasteiger partial charge on any atom is -0.395 e. The second-order valence-corrected chi connectivity index (χ2v) is 6.61. The molecule has 0 aromatic heterocycles. The summed E-state index contributed by atoms with van der Waals surface area (Å²) in [5.41, 5.74) is 0.449. The van der Waals surface area contributed by atoms with Crippen LogP contribution in [0.4, 0.5) is 0 Å². The molecule has 1 aromatic carbocycles. The molecule has 0 bridgehead atoms. The van der Waals surface area contributed by atoms with Gasteiger partial charge in [0.1, 0.15) is 0 Å². The quantitative estimate of drug-likeness (QED) is 0.813. The van der Waals surface area contributed by atoms with Crippen molar-refractivity contribution in [2.75, 3.05) is 6.61 Å². The molecule has 1 aromatic rings. The summed E-state index contributed by atoms with van der Waals surface area (Å²) in [7, 11) is -3.59. The van der Waals surface area contributed by atoms with Gasteiger partial charge in [-0.1, -0.05) is 37.8 Å². The van der Waals surface area contributed by atoms with Gasteiger partial charge in [0.05, 0.1) is 11.5 Å². The van der Waals surface area contributed by atoms with Gasteiger partial charge in [0.15, 0.2) is 0 Å². The summed E-state index contributed by atoms with van der Waals surface area (Å²) in [5, 5.41) is 8.72. The van der Waals surface area contributed by atoms with Gasteiger partial charge in [0.25, 0.3) is 0 Å². The second kappa shape index (κ2) is 7.44. The lowest BCUT2D eigenvalue weighted by Crippen LogP contribution is -2.36. The first-order valence-electron chi connectivity index (χ1n) is 6.59. The molecule has 1 rings (SSSR count). The Labute approximate surface area is 121 Å². The molecular formula is C15H21NO3S. The molecule has 1 unspecified atom stereocenters. The topological polar surface area (TPSA) is 66.4 Å². The van der Waals surface area contributed by atoms with Crippen LogP contribution in [0.1, 0.15) is 32.8 Å². The number of benzene rings is 1. The van der Waals surface area contributed by atoms with E-state index in [4.69, 9.17) is 5.11 Å². The Kier molecular flexibility index (Phi) is 6.21. The molecule has 110 valence electrons. The molecule has 0 saturated carbocycles. The Morgan fingerprint density at radius 1 is 1.25 bits per heavy atom. The zero-order valence-electron chi connectivity index (χ0n) is 12.1. The number of aliphatic hydroxyl groups is 1. The van der Waals surface area contributed by atoms with Gasteiger partial charge in [-0.25, -0.2) is 13.1 Å². The summed E-state index contributed by atoms with van der Waals surface area (Å²) >= 11 is 0. The third-order valence-electron chi connectivity index (χ3n) is 2.98. The average molecular weight is 295 g/mol. The molecule has 5 heteroatoms. The van der Waals surface area contributed by atoms with Crippen LogP contribution >= 0.6 is 0 Å². The lowest BCUT2D eigenvalue weighted by atomic mass is 10.1. The van der Waals surface area contributed by atoms with Gasteiger partial charge >= 0.3 is 0 Å². The van der Waals surface area contributed by atoms with Crippen molar-refractivity contribution in [3.05, 3.63) is 29.8 Å². The number of sulfonamides is 1. The molecule has 0 saturated heterocycles. The Morgan fingerprint density at radius 3 is 2.50 bits per heavy atom. The van der Waals surface area contributed by atoms with E-state index in [1.807, 2.05) is 20.8 Å². The first-order chi connectivity index (χ1) is 9.38. The Bertz CT molecular complexity index is 597. The van der Waals surface area contributed by atoms with E-state index in [1.165, 1.54) is 0 Å². The van der Waals surface area contributed by atoms with E-state index in [9.17, 15) is 8.42 Å². The van der Waals surface area contributed by atoms with Gasteiger partial charge in [-0.05, 0) is 25.0 Å². The number of aliphatic hydroxyl groups excluding tert-OH is 1. The maximum absolute atomic E-state index is 12.4. The zero-order valence-corrected chi connectivity index (χ0v) is 12.9. The summed E-state index contributed by atoms with van der Waals surface area (Å²) in [6.07, 6.45) is 0.324. The highest BCUT2D eigenvalue weighted by atomic mass is 32.2. The van der Waals surface area contributed by atoms with Crippen LogP contribution in [0.15, 0.2) is 29.2 Å². The van der Waals surface area contributed by atoms with Gasteiger partial charge < -0.3 is 5.11 Å². The molecule has 20 heavy (non-hydrogen) atoms. The largest absolute Gasteiger partial charge is 0.395 e. The monoisotopic (exact) mass is 295 g/mol. The molecule has 2 N–H and O–H groups in total. The summed E-state index contributed by atoms with van der Waals surface area (Å²) in [6, 6.07) is 6.47. The van der Waals surface area contributed by atoms with Gasteiger partial charge in [-0.15, -0.1) is 0 Å². The molecule has 0 heterocycles. The highest BCUT2D eigenvalue weighted by Gasteiger charge is 2.21. The second-order valence-electron chi connectivity index (χ2n) is 4.93. The lowest BCUT2D eigenvalue weighted by Gasteiger charge is -2.18. The van der Waals surface area contributed by atoms with E-state index in [0.29, 0.717) is 12.0 Å². The Balaban J connectivity index is 3.10. The lowest BCUT2D eigenvalue weighted by molar-refractivity contribution is 0.305. The van der Waals surface area contributed by atoms with Crippen molar-refractivity contribution in [2.24, 2.45) is 5.92 Å². The van der Waals surface area contributed by atoms with E-state index in [-0.39, 0.29) is 23.5 Å². The van der Waals surface area contributed by atoms with Gasteiger partial charge in [0.2, 0.25) is 10.0 Å². The summed E-state index contributed by atoms with van der Waals surface area (Å²) in [4.78, 5) is 0.179. The maximum atomic E-state index is 12.4. The van der Waals surface area contributed by atoms with Crippen molar-refractivity contribution in [3.63, 3.8) is 0 Å². The van der Waals surface area contributed by atoms with Crippen molar-refractivity contribution in [2.45, 2.75) is 38.1 Å². The SMILES string of the molecule is CC(C)C(C)NS(=O)(=O)c1ccccc1C#CCCO. The van der Waals surface area contributed by atoms with Gasteiger partial charge in [-0.3, -0.25) is 0 Å². The summed E-state index contributed by atoms with van der Waals surface area (Å²) in [6.45, 7) is 5.72. The number of hydrogen-bond acceptors (Lipinski definition) is 3. The molecular weight excluding hydrogens is 274 g/mol. The van der Waals surface area contributed by atoms with Crippen LogP contribution in [-0.4, -0.2) is 26.2 Å². The van der Waals surface area contributed by atoms with Crippen LogP contribution in [0.2, 0.25) is 0 Å². The van der Waals surface area contributed by atoms with E-state index < -0.39 is 10.0 Å². The Morgan fingerprint density at radius 2 is 1.90 bits per heavy atom. The van der Waals surface area contributed by atoms with E-state index in [2.05, 4.69) is 16.6 Å². The molecule has 0 amide bonds. The molecule has 4 nitrogen and oxygen atoms in total. The third kappa shape index (κ3) is 4.64. The number of hydrogen-bond donors (Lipinski definition) is 2. The van der Waals surface area contributed by atoms with Crippen molar-refractivity contribution >= 4 is 10.0 Å². The molecule has 0 aliphatic rings. The van der Waals surface area contributed by atoms with E-state index in [0.717, 1.165) is 0 Å². The first-order valence-corrected chi connectivity index (χ1v) is 8.08. The molecule has 0 spiro atoms. The van der Waals surface area contributed by atoms with Gasteiger partial charge in [-0.2, -0.15) is 0 Å². The number of rotatable bonds is 5. The average Bonchev–Trinajstić information content (AvgIpc) is 2.39. The van der Waals surface area contributed by atoms with Crippen molar-refractivity contribution in [3.8, 4) is 11.8 Å². The van der Waals surface area contributed by atoms with Crippen molar-refractivity contribution < 1.29 is 13.5 Å². The van der Waals surface area contributed by atoms with Crippen LogP contribution in [0.25, 0.3) is 0 Å². The third-order valence-corrected chi connectivity index (χ3v) is 4.59. The summed E-state index contributed by atoms with van der Waals surface area (Å²) in [5.74, 6) is 5.75. The van der Waals surface area contributed by atoms with Crippen LogP contribution in [0, 0.1) is 17.8 Å². The predicted molar refractivity (Wildman–Crippen MR) is 79.6 cm³/mol. The molecule has 1 atom stereocenters. The minimum atomic E-state index is -3.59. The molecule has 0 aliphatic carbocycles. The minimum absolute atomic E-state index is 0.0372. The highest BCUT2D eigenvalue weighted by Crippen LogP contribution is 2.16. The zero-order chi connectivity index (χ0) is 15.2. The van der Waals surface area contributed by atoms with Gasteiger partial charge in [0, 0.05) is 18.0 Å². The van der Waals surface area contributed by atoms with Crippen molar-refractivity contribution in [1.29, 1.82) is 0 Å². The molecule has 0 radical (unpaired) electrons.